The van der Waals surface area contributed by atoms with E-state index in [1.54, 1.807) is 11.0 Å². The molecule has 5 rings (SSSR count). The van der Waals surface area contributed by atoms with Crippen LogP contribution in [0.3, 0.4) is 0 Å². The maximum atomic E-state index is 13.8. The van der Waals surface area contributed by atoms with E-state index in [-0.39, 0.29) is 11.7 Å². The van der Waals surface area contributed by atoms with Crippen molar-refractivity contribution in [2.24, 2.45) is 0 Å². The molecule has 1 saturated heterocycles. The van der Waals surface area contributed by atoms with E-state index in [0.717, 1.165) is 54.7 Å². The number of rotatable bonds is 6. The second-order valence-corrected chi connectivity index (χ2v) is 8.91. The van der Waals surface area contributed by atoms with Crippen molar-refractivity contribution in [3.63, 3.8) is 0 Å². The number of ether oxygens (including phenoxy) is 1. The summed E-state index contributed by atoms with van der Waals surface area (Å²) in [4.78, 5) is 22.6. The van der Waals surface area contributed by atoms with Gasteiger partial charge >= 0.3 is 0 Å². The largest absolute Gasteiger partial charge is 0.379 e. The average molecular weight is 450 g/mol. The number of nitrogens with zero attached hydrogens (tertiary/aromatic N) is 3. The fraction of sp³-hybridized carbons (Fsp3) is 0.280. The molecule has 1 aliphatic heterocycles. The molecule has 0 unspecified atom stereocenters. The van der Waals surface area contributed by atoms with Crippen LogP contribution >= 0.6 is 11.3 Å². The molecule has 1 fully saturated rings. The van der Waals surface area contributed by atoms with Crippen LogP contribution in [-0.2, 0) is 4.74 Å². The number of hydrogen-bond acceptors (Lipinski definition) is 5. The Morgan fingerprint density at radius 1 is 1.09 bits per heavy atom. The minimum atomic E-state index is -0.299. The van der Waals surface area contributed by atoms with Crippen molar-refractivity contribution in [2.75, 3.05) is 44.3 Å². The number of morpholine rings is 1. The van der Waals surface area contributed by atoms with Crippen molar-refractivity contribution in [2.45, 2.75) is 6.42 Å². The number of hydrogen-bond donors (Lipinski definition) is 0. The Labute approximate surface area is 190 Å². The van der Waals surface area contributed by atoms with Gasteiger partial charge in [-0.1, -0.05) is 47.7 Å². The van der Waals surface area contributed by atoms with Crippen LogP contribution in [0, 0.1) is 5.82 Å². The molecule has 0 radical (unpaired) electrons. The monoisotopic (exact) mass is 449 g/mol. The van der Waals surface area contributed by atoms with Gasteiger partial charge in [0.15, 0.2) is 5.13 Å². The second-order valence-electron chi connectivity index (χ2n) is 7.90. The van der Waals surface area contributed by atoms with Crippen LogP contribution in [0.4, 0.5) is 9.52 Å². The third-order valence-electron chi connectivity index (χ3n) is 5.80. The Morgan fingerprint density at radius 3 is 2.78 bits per heavy atom. The summed E-state index contributed by atoms with van der Waals surface area (Å²) in [5, 5.41) is 2.55. The molecule has 32 heavy (non-hydrogen) atoms. The molecule has 4 aromatic rings. The lowest BCUT2D eigenvalue weighted by Gasteiger charge is -2.28. The highest BCUT2D eigenvalue weighted by molar-refractivity contribution is 7.22. The number of halogens is 1. The summed E-state index contributed by atoms with van der Waals surface area (Å²) >= 11 is 1.35. The van der Waals surface area contributed by atoms with Gasteiger partial charge in [0.25, 0.3) is 5.91 Å². The summed E-state index contributed by atoms with van der Waals surface area (Å²) in [5.74, 6) is -0.379. The van der Waals surface area contributed by atoms with E-state index in [2.05, 4.69) is 9.88 Å². The minimum absolute atomic E-state index is 0.0803. The zero-order valence-electron chi connectivity index (χ0n) is 17.7. The van der Waals surface area contributed by atoms with Crippen LogP contribution in [0.2, 0.25) is 0 Å². The molecule has 1 amide bonds. The molecule has 5 nitrogen and oxygen atoms in total. The van der Waals surface area contributed by atoms with E-state index in [0.29, 0.717) is 22.8 Å². The molecule has 0 bridgehead atoms. The number of anilines is 1. The standard InChI is InChI=1S/C25H24FN3O2S/c26-19-9-10-22-23(17-19)32-25(27-22)29(12-4-11-28-13-15-31-16-14-28)24(30)21-8-3-6-18-5-1-2-7-20(18)21/h1-3,5-10,17H,4,11-16H2. The van der Waals surface area contributed by atoms with Gasteiger partial charge in [-0.05, 0) is 41.5 Å². The highest BCUT2D eigenvalue weighted by Gasteiger charge is 2.23. The first-order chi connectivity index (χ1) is 15.7. The third-order valence-corrected chi connectivity index (χ3v) is 6.84. The number of thiazole rings is 1. The van der Waals surface area contributed by atoms with Gasteiger partial charge < -0.3 is 4.74 Å². The van der Waals surface area contributed by atoms with E-state index in [1.807, 2.05) is 42.5 Å². The number of aromatic nitrogens is 1. The van der Waals surface area contributed by atoms with E-state index in [9.17, 15) is 9.18 Å². The quantitative estimate of drug-likeness (QED) is 0.418. The summed E-state index contributed by atoms with van der Waals surface area (Å²) in [6.45, 7) is 4.77. The summed E-state index contributed by atoms with van der Waals surface area (Å²) < 4.78 is 19.9. The number of benzene rings is 3. The fourth-order valence-corrected chi connectivity index (χ4v) is 5.14. The lowest BCUT2D eigenvalue weighted by molar-refractivity contribution is 0.0376. The van der Waals surface area contributed by atoms with Gasteiger partial charge in [0.1, 0.15) is 5.82 Å². The van der Waals surface area contributed by atoms with E-state index in [4.69, 9.17) is 4.74 Å². The zero-order valence-corrected chi connectivity index (χ0v) is 18.5. The van der Waals surface area contributed by atoms with E-state index < -0.39 is 0 Å². The molecule has 3 aromatic carbocycles. The van der Waals surface area contributed by atoms with Crippen molar-refractivity contribution in [3.8, 4) is 0 Å². The molecular weight excluding hydrogens is 425 g/mol. The molecule has 1 aromatic heterocycles. The van der Waals surface area contributed by atoms with Crippen molar-refractivity contribution >= 4 is 43.4 Å². The number of amides is 1. The topological polar surface area (TPSA) is 45.7 Å². The van der Waals surface area contributed by atoms with Gasteiger partial charge in [0.05, 0.1) is 23.4 Å². The van der Waals surface area contributed by atoms with Crippen LogP contribution in [0.25, 0.3) is 21.0 Å². The van der Waals surface area contributed by atoms with Gasteiger partial charge in [0, 0.05) is 31.7 Å². The lowest BCUT2D eigenvalue weighted by Crippen LogP contribution is -2.39. The predicted octanol–water partition coefficient (Wildman–Crippen LogP) is 4.96. The lowest BCUT2D eigenvalue weighted by atomic mass is 10.0. The summed E-state index contributed by atoms with van der Waals surface area (Å²) in [5.41, 5.74) is 1.36. The molecule has 1 aliphatic rings. The molecule has 164 valence electrons. The molecule has 0 aliphatic carbocycles. The Balaban J connectivity index is 1.46. The molecule has 0 atom stereocenters. The summed E-state index contributed by atoms with van der Waals surface area (Å²) in [7, 11) is 0. The van der Waals surface area contributed by atoms with Gasteiger partial charge in [0.2, 0.25) is 0 Å². The molecule has 0 N–H and O–H groups in total. The van der Waals surface area contributed by atoms with Crippen molar-refractivity contribution in [1.82, 2.24) is 9.88 Å². The first-order valence-corrected chi connectivity index (χ1v) is 11.7. The van der Waals surface area contributed by atoms with Gasteiger partial charge in [-0.3, -0.25) is 14.6 Å². The van der Waals surface area contributed by atoms with Crippen LogP contribution in [0.5, 0.6) is 0 Å². The molecule has 2 heterocycles. The van der Waals surface area contributed by atoms with Crippen LogP contribution in [0.1, 0.15) is 16.8 Å². The molecule has 0 saturated carbocycles. The first-order valence-electron chi connectivity index (χ1n) is 10.8. The third kappa shape index (κ3) is 4.37. The van der Waals surface area contributed by atoms with Gasteiger partial charge in [-0.25, -0.2) is 9.37 Å². The highest BCUT2D eigenvalue weighted by Crippen LogP contribution is 2.31. The minimum Gasteiger partial charge on any atom is -0.379 e. The fourth-order valence-electron chi connectivity index (χ4n) is 4.12. The maximum absolute atomic E-state index is 13.8. The second kappa shape index (κ2) is 9.32. The Morgan fingerprint density at radius 2 is 1.91 bits per heavy atom. The van der Waals surface area contributed by atoms with Crippen LogP contribution < -0.4 is 4.90 Å². The average Bonchev–Trinajstić information content (AvgIpc) is 3.24. The van der Waals surface area contributed by atoms with Crippen molar-refractivity contribution in [1.29, 1.82) is 0 Å². The zero-order chi connectivity index (χ0) is 21.9. The smallest absolute Gasteiger partial charge is 0.260 e. The summed E-state index contributed by atoms with van der Waals surface area (Å²) in [6.07, 6.45) is 0.820. The number of carbonyl (C=O) groups is 1. The molecular formula is C25H24FN3O2S. The predicted molar refractivity (Wildman–Crippen MR) is 127 cm³/mol. The number of fused-ring (bicyclic) bond motifs is 2. The normalized spacial score (nSPS) is 14.8. The highest BCUT2D eigenvalue weighted by atomic mass is 32.1. The van der Waals surface area contributed by atoms with Crippen LogP contribution in [0.15, 0.2) is 60.7 Å². The molecule has 0 spiro atoms. The van der Waals surface area contributed by atoms with Crippen molar-refractivity contribution < 1.29 is 13.9 Å². The number of carbonyl (C=O) groups excluding carboxylic acids is 1. The van der Waals surface area contributed by atoms with Gasteiger partial charge in [-0.2, -0.15) is 0 Å². The Hall–Kier alpha value is -2.87. The molecule has 7 heteroatoms. The van der Waals surface area contributed by atoms with E-state index in [1.165, 1.54) is 23.5 Å². The Kier molecular flexibility index (Phi) is 6.12. The summed E-state index contributed by atoms with van der Waals surface area (Å²) in [6, 6.07) is 18.2. The SMILES string of the molecule is O=C(c1cccc2ccccc12)N(CCCN1CCOCC1)c1nc2ccc(F)cc2s1. The van der Waals surface area contributed by atoms with Crippen molar-refractivity contribution in [3.05, 3.63) is 72.0 Å². The van der Waals surface area contributed by atoms with Crippen LogP contribution in [-0.4, -0.2) is 55.2 Å². The first kappa shape index (κ1) is 21.0. The maximum Gasteiger partial charge on any atom is 0.260 e. The van der Waals surface area contributed by atoms with E-state index >= 15 is 0 Å². The van der Waals surface area contributed by atoms with Gasteiger partial charge in [-0.15, -0.1) is 0 Å². The Bertz CT molecular complexity index is 1250.